The van der Waals surface area contributed by atoms with Crippen molar-refractivity contribution in [3.63, 3.8) is 0 Å². The number of sulfone groups is 1. The molecule has 0 aliphatic rings. The summed E-state index contributed by atoms with van der Waals surface area (Å²) in [7, 11) is -2.20. The highest BCUT2D eigenvalue weighted by atomic mass is 32.2. The molecule has 0 radical (unpaired) electrons. The molecule has 4 rings (SSSR count). The van der Waals surface area contributed by atoms with Crippen LogP contribution in [0.2, 0.25) is 0 Å². The van der Waals surface area contributed by atoms with Crippen molar-refractivity contribution in [2.45, 2.75) is 23.2 Å². The Morgan fingerprint density at radius 2 is 1.91 bits per heavy atom. The lowest BCUT2D eigenvalue weighted by Gasteiger charge is -2.10. The lowest BCUT2D eigenvalue weighted by atomic mass is 10.2. The lowest BCUT2D eigenvalue weighted by molar-refractivity contribution is -0.137. The molecule has 0 saturated heterocycles. The number of aromatic nitrogens is 7. The first kappa shape index (κ1) is 22.2. The fourth-order valence-electron chi connectivity index (χ4n) is 3.02. The summed E-state index contributed by atoms with van der Waals surface area (Å²) >= 11 is 1.32. The number of rotatable bonds is 5. The number of fused-ring (bicyclic) bond motifs is 1. The smallest absolute Gasteiger partial charge is 0.310 e. The molecule has 4 aromatic heterocycles. The van der Waals surface area contributed by atoms with Gasteiger partial charge in [-0.25, -0.2) is 33.0 Å². The zero-order chi connectivity index (χ0) is 23.3. The van der Waals surface area contributed by atoms with Crippen LogP contribution >= 0.6 is 11.8 Å². The maximum Gasteiger partial charge on any atom is 0.417 e. The minimum absolute atomic E-state index is 0.0142. The van der Waals surface area contributed by atoms with E-state index in [2.05, 4.69) is 25.0 Å². The standard InChI is InChI=1S/C18H16F3N7O2S2/c1-4-32(29,30)12-5-6-13(28-9-23-17(26-28)31-3)25-14(12)16-24-11-7-10(18(19,20)21)8-22-15(11)27(16)2/h5-9H,4H2,1-3H3. The van der Waals surface area contributed by atoms with Crippen LogP contribution in [0.15, 0.2) is 40.8 Å². The van der Waals surface area contributed by atoms with Gasteiger partial charge in [0.25, 0.3) is 0 Å². The van der Waals surface area contributed by atoms with E-state index in [1.54, 1.807) is 6.26 Å². The molecule has 4 heterocycles. The number of thioether (sulfide) groups is 1. The molecule has 168 valence electrons. The monoisotopic (exact) mass is 483 g/mol. The molecule has 4 aromatic rings. The van der Waals surface area contributed by atoms with Crippen molar-refractivity contribution in [2.24, 2.45) is 7.05 Å². The Morgan fingerprint density at radius 1 is 1.16 bits per heavy atom. The van der Waals surface area contributed by atoms with Crippen LogP contribution in [0.5, 0.6) is 0 Å². The maximum atomic E-state index is 13.1. The number of nitrogens with zero attached hydrogens (tertiary/aromatic N) is 7. The Morgan fingerprint density at radius 3 is 2.53 bits per heavy atom. The van der Waals surface area contributed by atoms with Crippen molar-refractivity contribution in [1.29, 1.82) is 0 Å². The first-order chi connectivity index (χ1) is 15.0. The lowest BCUT2D eigenvalue weighted by Crippen LogP contribution is -2.11. The first-order valence-corrected chi connectivity index (χ1v) is 12.0. The molecule has 0 unspecified atom stereocenters. The van der Waals surface area contributed by atoms with Crippen molar-refractivity contribution in [2.75, 3.05) is 12.0 Å². The summed E-state index contributed by atoms with van der Waals surface area (Å²) < 4.78 is 67.5. The van der Waals surface area contributed by atoms with Gasteiger partial charge < -0.3 is 4.57 Å². The van der Waals surface area contributed by atoms with E-state index in [4.69, 9.17) is 0 Å². The Balaban J connectivity index is 1.97. The van der Waals surface area contributed by atoms with E-state index < -0.39 is 21.6 Å². The predicted molar refractivity (Wildman–Crippen MR) is 111 cm³/mol. The molecular weight excluding hydrogens is 467 g/mol. The van der Waals surface area contributed by atoms with E-state index >= 15 is 0 Å². The zero-order valence-corrected chi connectivity index (χ0v) is 18.6. The molecule has 0 aromatic carbocycles. The summed E-state index contributed by atoms with van der Waals surface area (Å²) in [5.74, 6) is 0.145. The van der Waals surface area contributed by atoms with Crippen LogP contribution in [-0.4, -0.2) is 54.7 Å². The van der Waals surface area contributed by atoms with Gasteiger partial charge in [-0.15, -0.1) is 5.10 Å². The SMILES string of the molecule is CCS(=O)(=O)c1ccc(-n2cnc(SC)n2)nc1-c1nc2cc(C(F)(F)F)cnc2n1C. The van der Waals surface area contributed by atoms with Gasteiger partial charge in [0.2, 0.25) is 5.16 Å². The summed E-state index contributed by atoms with van der Waals surface area (Å²) in [5.41, 5.74) is -0.843. The number of pyridine rings is 2. The molecule has 0 fully saturated rings. The van der Waals surface area contributed by atoms with Crippen molar-refractivity contribution in [3.05, 3.63) is 36.3 Å². The van der Waals surface area contributed by atoms with Gasteiger partial charge in [-0.1, -0.05) is 18.7 Å². The zero-order valence-electron chi connectivity index (χ0n) is 17.0. The summed E-state index contributed by atoms with van der Waals surface area (Å²) in [6, 6.07) is 3.73. The normalized spacial score (nSPS) is 12.6. The Labute approximate surface area is 184 Å². The summed E-state index contributed by atoms with van der Waals surface area (Å²) in [6.45, 7) is 1.49. The molecule has 0 aliphatic heterocycles. The van der Waals surface area contributed by atoms with Crippen molar-refractivity contribution >= 4 is 32.8 Å². The molecule has 14 heteroatoms. The number of halogens is 3. The van der Waals surface area contributed by atoms with E-state index in [9.17, 15) is 21.6 Å². The Kier molecular flexibility index (Phi) is 5.45. The fourth-order valence-corrected chi connectivity index (χ4v) is 4.37. The van der Waals surface area contributed by atoms with E-state index in [1.165, 1.54) is 53.4 Å². The molecule has 0 aliphatic carbocycles. The van der Waals surface area contributed by atoms with Crippen molar-refractivity contribution in [3.8, 4) is 17.3 Å². The molecule has 9 nitrogen and oxygen atoms in total. The van der Waals surface area contributed by atoms with Gasteiger partial charge in [0.15, 0.2) is 27.1 Å². The number of aryl methyl sites for hydroxylation is 1. The van der Waals surface area contributed by atoms with Gasteiger partial charge in [0.05, 0.1) is 16.2 Å². The second-order valence-corrected chi connectivity index (χ2v) is 9.67. The van der Waals surface area contributed by atoms with Gasteiger partial charge in [0.1, 0.15) is 17.5 Å². The van der Waals surface area contributed by atoms with E-state index in [0.717, 1.165) is 6.07 Å². The van der Waals surface area contributed by atoms with Crippen molar-refractivity contribution in [1.82, 2.24) is 34.3 Å². The van der Waals surface area contributed by atoms with Gasteiger partial charge in [0, 0.05) is 13.2 Å². The van der Waals surface area contributed by atoms with E-state index in [0.29, 0.717) is 11.4 Å². The third kappa shape index (κ3) is 3.83. The van der Waals surface area contributed by atoms with Crippen LogP contribution in [-0.2, 0) is 23.1 Å². The summed E-state index contributed by atoms with van der Waals surface area (Å²) in [5, 5.41) is 4.73. The largest absolute Gasteiger partial charge is 0.417 e. The molecule has 0 N–H and O–H groups in total. The quantitative estimate of drug-likeness (QED) is 0.399. The maximum absolute atomic E-state index is 13.1. The predicted octanol–water partition coefficient (Wildman–Crippen LogP) is 3.15. The van der Waals surface area contributed by atoms with Crippen LogP contribution in [0.3, 0.4) is 0 Å². The van der Waals surface area contributed by atoms with Gasteiger partial charge >= 0.3 is 6.18 Å². The van der Waals surface area contributed by atoms with Crippen molar-refractivity contribution < 1.29 is 21.6 Å². The number of hydrogen-bond donors (Lipinski definition) is 0. The van der Waals surface area contributed by atoms with Gasteiger partial charge in [-0.3, -0.25) is 0 Å². The average molecular weight is 484 g/mol. The molecule has 0 amide bonds. The third-order valence-corrected chi connectivity index (χ3v) is 7.01. The van der Waals surface area contributed by atoms with Crippen LogP contribution < -0.4 is 0 Å². The second-order valence-electron chi connectivity index (χ2n) is 6.65. The van der Waals surface area contributed by atoms with E-state index in [1.807, 2.05) is 0 Å². The summed E-state index contributed by atoms with van der Waals surface area (Å²) in [4.78, 5) is 16.6. The molecule has 0 spiro atoms. The second kappa shape index (κ2) is 7.85. The number of alkyl halides is 3. The first-order valence-electron chi connectivity index (χ1n) is 9.15. The average Bonchev–Trinajstić information content (AvgIpc) is 3.37. The highest BCUT2D eigenvalue weighted by molar-refractivity contribution is 7.98. The minimum Gasteiger partial charge on any atom is -0.310 e. The molecule has 32 heavy (non-hydrogen) atoms. The highest BCUT2D eigenvalue weighted by Crippen LogP contribution is 2.33. The molecule has 0 atom stereocenters. The molecule has 0 saturated carbocycles. The third-order valence-electron chi connectivity index (χ3n) is 4.69. The van der Waals surface area contributed by atoms with Gasteiger partial charge in [-0.2, -0.15) is 13.2 Å². The minimum atomic E-state index is -4.59. The fraction of sp³-hybridized carbons (Fsp3) is 0.278. The number of imidazole rings is 1. The molecular formula is C18H16F3N7O2S2. The van der Waals surface area contributed by atoms with E-state index in [-0.39, 0.29) is 39.1 Å². The Hall–Kier alpha value is -3.00. The van der Waals surface area contributed by atoms with Crippen LogP contribution in [0.4, 0.5) is 13.2 Å². The summed E-state index contributed by atoms with van der Waals surface area (Å²) in [6.07, 6.45) is -0.647. The number of hydrogen-bond acceptors (Lipinski definition) is 8. The Bertz CT molecular complexity index is 1430. The highest BCUT2D eigenvalue weighted by Gasteiger charge is 2.32. The molecule has 0 bridgehead atoms. The van der Waals surface area contributed by atoms with Crippen LogP contribution in [0, 0.1) is 0 Å². The topological polar surface area (TPSA) is 108 Å². The van der Waals surface area contributed by atoms with Crippen LogP contribution in [0.25, 0.3) is 28.5 Å². The van der Waals surface area contributed by atoms with Crippen LogP contribution in [0.1, 0.15) is 12.5 Å². The van der Waals surface area contributed by atoms with Gasteiger partial charge in [-0.05, 0) is 24.5 Å².